The molecule has 0 saturated carbocycles. The third-order valence-electron chi connectivity index (χ3n) is 6.62. The van der Waals surface area contributed by atoms with Crippen molar-refractivity contribution < 1.29 is 9.69 Å². The number of benzene rings is 2. The zero-order chi connectivity index (χ0) is 21.6. The Morgan fingerprint density at radius 1 is 1.06 bits per heavy atom. The molecule has 4 rings (SSSR count). The topological polar surface area (TPSA) is 38.5 Å². The molecule has 31 heavy (non-hydrogen) atoms. The normalized spacial score (nSPS) is 18.6. The largest absolute Gasteiger partial charge is 0.352 e. The lowest BCUT2D eigenvalue weighted by Gasteiger charge is -2.30. The van der Waals surface area contributed by atoms with E-state index in [1.54, 1.807) is 4.90 Å². The van der Waals surface area contributed by atoms with Crippen LogP contribution in [0.25, 0.3) is 16.9 Å². The van der Waals surface area contributed by atoms with E-state index in [4.69, 9.17) is 0 Å². The average Bonchev–Trinajstić information content (AvgIpc) is 3.16. The van der Waals surface area contributed by atoms with Crippen LogP contribution in [0.2, 0.25) is 0 Å². The van der Waals surface area contributed by atoms with Crippen LogP contribution in [-0.4, -0.2) is 36.2 Å². The lowest BCUT2D eigenvalue weighted by atomic mass is 10.0. The van der Waals surface area contributed by atoms with Crippen LogP contribution in [0, 0.1) is 6.92 Å². The third-order valence-corrected chi connectivity index (χ3v) is 6.62. The van der Waals surface area contributed by atoms with E-state index in [0.717, 1.165) is 53.8 Å². The number of likely N-dealkylation sites (tertiary alicyclic amines) is 1. The van der Waals surface area contributed by atoms with E-state index < -0.39 is 0 Å². The number of amides is 1. The summed E-state index contributed by atoms with van der Waals surface area (Å²) in [7, 11) is 0. The summed E-state index contributed by atoms with van der Waals surface area (Å²) < 4.78 is 2.18. The highest BCUT2D eigenvalue weighted by Gasteiger charge is 2.22. The monoisotopic (exact) mass is 416 g/mol. The second-order valence-corrected chi connectivity index (χ2v) is 8.73. The minimum absolute atomic E-state index is 0.0195. The van der Waals surface area contributed by atoms with Gasteiger partial charge in [0.2, 0.25) is 0 Å². The molecule has 162 valence electrons. The van der Waals surface area contributed by atoms with Gasteiger partial charge in [0.25, 0.3) is 5.91 Å². The van der Waals surface area contributed by atoms with Gasteiger partial charge < -0.3 is 14.8 Å². The highest BCUT2D eigenvalue weighted by atomic mass is 16.1. The van der Waals surface area contributed by atoms with Crippen molar-refractivity contribution in [3.8, 4) is 16.9 Å². The second kappa shape index (κ2) is 9.97. The Morgan fingerprint density at radius 3 is 2.48 bits per heavy atom. The van der Waals surface area contributed by atoms with Gasteiger partial charge in [-0.05, 0) is 56.9 Å². The predicted octanol–water partition coefficient (Wildman–Crippen LogP) is 4.03. The summed E-state index contributed by atoms with van der Waals surface area (Å²) in [6, 6.07) is 23.3. The first-order valence-corrected chi connectivity index (χ1v) is 11.6. The fourth-order valence-corrected chi connectivity index (χ4v) is 4.80. The molecule has 1 aliphatic heterocycles. The molecule has 1 amide bonds. The molecule has 2 aromatic carbocycles. The molecule has 4 nitrogen and oxygen atoms in total. The molecular formula is C27H34N3O+. The van der Waals surface area contributed by atoms with Gasteiger partial charge in [0.1, 0.15) is 0 Å². The summed E-state index contributed by atoms with van der Waals surface area (Å²) in [4.78, 5) is 14.8. The van der Waals surface area contributed by atoms with Gasteiger partial charge in [0, 0.05) is 24.3 Å². The van der Waals surface area contributed by atoms with Crippen LogP contribution in [0.5, 0.6) is 0 Å². The van der Waals surface area contributed by atoms with Gasteiger partial charge in [-0.15, -0.1) is 0 Å². The van der Waals surface area contributed by atoms with Crippen molar-refractivity contribution >= 4 is 5.91 Å². The van der Waals surface area contributed by atoms with Crippen LogP contribution in [0.1, 0.15) is 48.7 Å². The maximum Gasteiger partial charge on any atom is 0.253 e. The van der Waals surface area contributed by atoms with Crippen LogP contribution in [-0.2, 0) is 0 Å². The minimum atomic E-state index is 0.0195. The van der Waals surface area contributed by atoms with Gasteiger partial charge >= 0.3 is 0 Å². The Hall–Kier alpha value is -2.85. The van der Waals surface area contributed by atoms with Crippen molar-refractivity contribution in [2.45, 2.75) is 45.6 Å². The van der Waals surface area contributed by atoms with E-state index in [9.17, 15) is 4.79 Å². The maximum absolute atomic E-state index is 13.1. The first-order valence-electron chi connectivity index (χ1n) is 11.6. The van der Waals surface area contributed by atoms with Gasteiger partial charge in [-0.25, -0.2) is 0 Å². The van der Waals surface area contributed by atoms with Crippen molar-refractivity contribution in [3.63, 3.8) is 0 Å². The molecule has 2 heterocycles. The molecule has 0 radical (unpaired) electrons. The SMILES string of the molecule is Cc1c(C(=O)NCCC[NH+]2CCCC[C@H]2C)cc(-c2ccccc2)n1-c1ccccc1. The smallest absolute Gasteiger partial charge is 0.253 e. The van der Waals surface area contributed by atoms with Gasteiger partial charge in [0.15, 0.2) is 0 Å². The predicted molar refractivity (Wildman–Crippen MR) is 127 cm³/mol. The summed E-state index contributed by atoms with van der Waals surface area (Å²) in [5.41, 5.74) is 4.94. The first kappa shape index (κ1) is 21.4. The fourth-order valence-electron chi connectivity index (χ4n) is 4.80. The minimum Gasteiger partial charge on any atom is -0.352 e. The Morgan fingerprint density at radius 2 is 1.77 bits per heavy atom. The van der Waals surface area contributed by atoms with E-state index in [2.05, 4.69) is 41.1 Å². The van der Waals surface area contributed by atoms with Crippen LogP contribution in [0.4, 0.5) is 0 Å². The average molecular weight is 417 g/mol. The Labute approximate surface area is 185 Å². The molecule has 1 aromatic heterocycles. The van der Waals surface area contributed by atoms with Gasteiger partial charge in [0.05, 0.1) is 30.4 Å². The van der Waals surface area contributed by atoms with Crippen molar-refractivity contribution in [3.05, 3.63) is 78.0 Å². The molecule has 1 fully saturated rings. The standard InChI is InChI=1S/C27H33N3O/c1-21-12-9-10-18-29(21)19-11-17-28-27(31)25-20-26(23-13-5-3-6-14-23)30(22(25)2)24-15-7-4-8-16-24/h3-8,13-16,20-21H,9-12,17-19H2,1-2H3,(H,28,31)/p+1/t21-/m1/s1. The molecule has 2 N–H and O–H groups in total. The molecule has 0 bridgehead atoms. The summed E-state index contributed by atoms with van der Waals surface area (Å²) in [6.07, 6.45) is 5.05. The van der Waals surface area contributed by atoms with Crippen LogP contribution in [0.15, 0.2) is 66.7 Å². The first-order chi connectivity index (χ1) is 15.1. The van der Waals surface area contributed by atoms with Crippen molar-refractivity contribution in [1.82, 2.24) is 9.88 Å². The Kier molecular flexibility index (Phi) is 6.88. The number of carbonyl (C=O) groups excluding carboxylic acids is 1. The summed E-state index contributed by atoms with van der Waals surface area (Å²) in [5.74, 6) is 0.0195. The second-order valence-electron chi connectivity index (χ2n) is 8.73. The van der Waals surface area contributed by atoms with E-state index in [1.807, 2.05) is 49.4 Å². The van der Waals surface area contributed by atoms with Crippen molar-refractivity contribution in [2.24, 2.45) is 0 Å². The van der Waals surface area contributed by atoms with Gasteiger partial charge in [-0.2, -0.15) is 0 Å². The molecule has 0 aliphatic carbocycles. The van der Waals surface area contributed by atoms with E-state index >= 15 is 0 Å². The number of nitrogens with zero attached hydrogens (tertiary/aromatic N) is 1. The number of hydrogen-bond acceptors (Lipinski definition) is 1. The molecule has 0 spiro atoms. The summed E-state index contributed by atoms with van der Waals surface area (Å²) >= 11 is 0. The van der Waals surface area contributed by atoms with Crippen LogP contribution >= 0.6 is 0 Å². The molecule has 1 unspecified atom stereocenters. The number of rotatable bonds is 7. The quantitative estimate of drug-likeness (QED) is 0.561. The number of carbonyl (C=O) groups is 1. The molecule has 3 aromatic rings. The molecule has 1 aliphatic rings. The number of hydrogen-bond donors (Lipinski definition) is 2. The van der Waals surface area contributed by atoms with Crippen molar-refractivity contribution in [1.29, 1.82) is 0 Å². The van der Waals surface area contributed by atoms with Crippen molar-refractivity contribution in [2.75, 3.05) is 19.6 Å². The molecule has 1 saturated heterocycles. The molecular weight excluding hydrogens is 382 g/mol. The number of para-hydroxylation sites is 1. The van der Waals surface area contributed by atoms with Gasteiger partial charge in [-0.3, -0.25) is 4.79 Å². The van der Waals surface area contributed by atoms with Gasteiger partial charge in [-0.1, -0.05) is 48.5 Å². The number of quaternary nitrogens is 1. The van der Waals surface area contributed by atoms with E-state index in [-0.39, 0.29) is 5.91 Å². The van der Waals surface area contributed by atoms with E-state index in [0.29, 0.717) is 0 Å². The zero-order valence-electron chi connectivity index (χ0n) is 18.7. The third kappa shape index (κ3) is 4.91. The molecule has 4 heteroatoms. The maximum atomic E-state index is 13.1. The zero-order valence-corrected chi connectivity index (χ0v) is 18.7. The lowest BCUT2D eigenvalue weighted by Crippen LogP contribution is -3.16. The Balaban J connectivity index is 1.50. The Bertz CT molecular complexity index is 994. The number of aromatic nitrogens is 1. The highest BCUT2D eigenvalue weighted by molar-refractivity contribution is 5.97. The van der Waals surface area contributed by atoms with Crippen LogP contribution < -0.4 is 10.2 Å². The molecule has 2 atom stereocenters. The summed E-state index contributed by atoms with van der Waals surface area (Å²) in [5, 5.41) is 3.17. The van der Waals surface area contributed by atoms with E-state index in [1.165, 1.54) is 25.8 Å². The fraction of sp³-hybridized carbons (Fsp3) is 0.370. The lowest BCUT2D eigenvalue weighted by molar-refractivity contribution is -0.928. The van der Waals surface area contributed by atoms with Crippen LogP contribution in [0.3, 0.4) is 0 Å². The number of piperidine rings is 1. The number of nitrogens with one attached hydrogen (secondary N) is 2. The highest BCUT2D eigenvalue weighted by Crippen LogP contribution is 2.29. The summed E-state index contributed by atoms with van der Waals surface area (Å²) in [6.45, 7) is 7.53.